The quantitative estimate of drug-likeness (QED) is 0.369. The number of imidazole rings is 1. The maximum Gasteiger partial charge on any atom is 0.238 e. The van der Waals surface area contributed by atoms with Crippen LogP contribution in [0.4, 0.5) is 0 Å². The Hall–Kier alpha value is -3.54. The first-order valence-electron chi connectivity index (χ1n) is 9.53. The number of aldehydes is 1. The Bertz CT molecular complexity index is 967. The molecule has 1 saturated heterocycles. The van der Waals surface area contributed by atoms with E-state index in [1.165, 1.54) is 10.5 Å². The summed E-state index contributed by atoms with van der Waals surface area (Å²) in [4.78, 5) is 38.3. The molecule has 148 valence electrons. The third-order valence-corrected chi connectivity index (χ3v) is 4.68. The molecule has 1 aliphatic heterocycles. The zero-order valence-electron chi connectivity index (χ0n) is 16.3. The number of likely N-dealkylation sites (tertiary alicyclic amines) is 1. The van der Waals surface area contributed by atoms with E-state index in [0.717, 1.165) is 24.1 Å². The summed E-state index contributed by atoms with van der Waals surface area (Å²) in [6.07, 6.45) is 3.40. The van der Waals surface area contributed by atoms with Crippen LogP contribution < -0.4 is 0 Å². The number of rotatable bonds is 6. The van der Waals surface area contributed by atoms with Crippen LogP contribution in [0.2, 0.25) is 0 Å². The summed E-state index contributed by atoms with van der Waals surface area (Å²) in [7, 11) is 0. The molecule has 1 aromatic heterocycles. The van der Waals surface area contributed by atoms with Crippen molar-refractivity contribution in [2.24, 2.45) is 0 Å². The minimum Gasteiger partial charge on any atom is -0.321 e. The zero-order chi connectivity index (χ0) is 20.6. The van der Waals surface area contributed by atoms with Crippen molar-refractivity contribution in [1.29, 1.82) is 0 Å². The monoisotopic (exact) mass is 389 g/mol. The number of carbonyl (C=O) groups is 3. The molecule has 3 aromatic rings. The van der Waals surface area contributed by atoms with Crippen molar-refractivity contribution in [2.45, 2.75) is 32.9 Å². The van der Waals surface area contributed by atoms with Crippen LogP contribution in [0.1, 0.15) is 40.8 Å². The van der Waals surface area contributed by atoms with E-state index < -0.39 is 0 Å². The summed E-state index contributed by atoms with van der Waals surface area (Å²) < 4.78 is 1.96. The van der Waals surface area contributed by atoms with Crippen LogP contribution in [-0.2, 0) is 29.1 Å². The molecule has 0 N–H and O–H groups in total. The van der Waals surface area contributed by atoms with Gasteiger partial charge < -0.3 is 4.57 Å². The average Bonchev–Trinajstić information content (AvgIpc) is 3.16. The van der Waals surface area contributed by atoms with Gasteiger partial charge in [0.2, 0.25) is 11.8 Å². The average molecular weight is 389 g/mol. The molecule has 1 aliphatic rings. The predicted molar refractivity (Wildman–Crippen MR) is 109 cm³/mol. The first-order valence-corrected chi connectivity index (χ1v) is 9.53. The van der Waals surface area contributed by atoms with E-state index in [0.29, 0.717) is 18.8 Å². The van der Waals surface area contributed by atoms with Gasteiger partial charge in [-0.25, -0.2) is 4.98 Å². The maximum absolute atomic E-state index is 11.0. The van der Waals surface area contributed by atoms with Gasteiger partial charge in [0.05, 0.1) is 12.7 Å². The highest BCUT2D eigenvalue weighted by Gasteiger charge is 2.33. The number of aryl methyl sites for hydroxylation is 1. The lowest BCUT2D eigenvalue weighted by molar-refractivity contribution is -0.158. The second kappa shape index (κ2) is 9.59. The summed E-state index contributed by atoms with van der Waals surface area (Å²) in [6, 6.07) is 19.6. The largest absolute Gasteiger partial charge is 0.321 e. The number of imide groups is 1. The Morgan fingerprint density at radius 1 is 0.897 bits per heavy atom. The molecular weight excluding hydrogens is 366 g/mol. The molecule has 0 saturated carbocycles. The fraction of sp³-hybridized carbons (Fsp3) is 0.217. The molecule has 0 radical (unpaired) electrons. The number of benzene rings is 2. The third kappa shape index (κ3) is 5.04. The zero-order valence-corrected chi connectivity index (χ0v) is 16.3. The summed E-state index contributed by atoms with van der Waals surface area (Å²) in [5, 5.41) is 0. The molecule has 0 unspecified atom stereocenters. The molecule has 0 aliphatic carbocycles. The molecule has 29 heavy (non-hydrogen) atoms. The molecule has 0 spiro atoms. The summed E-state index contributed by atoms with van der Waals surface area (Å²) in [5.74, 6) is 0.800. The van der Waals surface area contributed by atoms with E-state index >= 15 is 0 Å². The summed E-state index contributed by atoms with van der Waals surface area (Å²) in [5.41, 5.74) is 2.81. The minimum absolute atomic E-state index is 0.0751. The number of hydrogen-bond acceptors (Lipinski definition) is 4. The Labute approximate surface area is 169 Å². The lowest BCUT2D eigenvalue weighted by atomic mass is 10.1. The number of aromatic nitrogens is 2. The SMILES string of the molecule is CCc1ncc(C=O)n1Cc1ccccc1.O=C1CC(=O)N1Cc1ccccc1. The molecule has 2 amide bonds. The number of hydrogen-bond donors (Lipinski definition) is 0. The highest BCUT2D eigenvalue weighted by Crippen LogP contribution is 2.15. The van der Waals surface area contributed by atoms with E-state index in [2.05, 4.69) is 4.98 Å². The van der Waals surface area contributed by atoms with Gasteiger partial charge in [-0.3, -0.25) is 19.3 Å². The second-order valence-corrected chi connectivity index (χ2v) is 6.68. The van der Waals surface area contributed by atoms with E-state index in [-0.39, 0.29) is 18.2 Å². The van der Waals surface area contributed by atoms with E-state index in [4.69, 9.17) is 0 Å². The number of carbonyl (C=O) groups excluding carboxylic acids is 3. The second-order valence-electron chi connectivity index (χ2n) is 6.68. The van der Waals surface area contributed by atoms with Crippen LogP contribution in [0, 0.1) is 0 Å². The van der Waals surface area contributed by atoms with Crippen LogP contribution in [0.25, 0.3) is 0 Å². The Kier molecular flexibility index (Phi) is 6.68. The predicted octanol–water partition coefficient (Wildman–Crippen LogP) is 3.25. The van der Waals surface area contributed by atoms with Crippen molar-refractivity contribution in [3.05, 3.63) is 89.5 Å². The minimum atomic E-state index is -0.0751. The van der Waals surface area contributed by atoms with Gasteiger partial charge in [0, 0.05) is 13.0 Å². The molecule has 0 bridgehead atoms. The van der Waals surface area contributed by atoms with Gasteiger partial charge >= 0.3 is 0 Å². The standard InChI is InChI=1S/C13H14N2O.C10H9NO2/c1-2-13-14-8-12(10-16)15(13)9-11-6-4-3-5-7-11;12-9-6-10(13)11(9)7-8-4-2-1-3-5-8/h3-8,10H,2,9H2,1H3;1-5H,6-7H2. The van der Waals surface area contributed by atoms with E-state index in [1.807, 2.05) is 72.2 Å². The molecule has 4 rings (SSSR count). The topological polar surface area (TPSA) is 72.3 Å². The van der Waals surface area contributed by atoms with Crippen LogP contribution in [0.3, 0.4) is 0 Å². The molecule has 6 nitrogen and oxygen atoms in total. The Balaban J connectivity index is 0.000000169. The highest BCUT2D eigenvalue weighted by molar-refractivity contribution is 6.14. The Morgan fingerprint density at radius 3 is 1.93 bits per heavy atom. The van der Waals surface area contributed by atoms with Crippen LogP contribution >= 0.6 is 0 Å². The van der Waals surface area contributed by atoms with Gasteiger partial charge in [-0.05, 0) is 11.1 Å². The van der Waals surface area contributed by atoms with Gasteiger partial charge in [-0.2, -0.15) is 0 Å². The third-order valence-electron chi connectivity index (χ3n) is 4.68. The van der Waals surface area contributed by atoms with Crippen molar-refractivity contribution in [3.63, 3.8) is 0 Å². The van der Waals surface area contributed by atoms with Crippen molar-refractivity contribution in [1.82, 2.24) is 14.5 Å². The van der Waals surface area contributed by atoms with E-state index in [9.17, 15) is 14.4 Å². The summed E-state index contributed by atoms with van der Waals surface area (Å²) in [6.45, 7) is 3.16. The molecule has 2 heterocycles. The van der Waals surface area contributed by atoms with Crippen molar-refractivity contribution >= 4 is 18.1 Å². The molecule has 2 aromatic carbocycles. The maximum atomic E-state index is 11.0. The van der Waals surface area contributed by atoms with Crippen LogP contribution in [0.5, 0.6) is 0 Å². The molecule has 1 fully saturated rings. The van der Waals surface area contributed by atoms with Crippen molar-refractivity contribution < 1.29 is 14.4 Å². The lowest BCUT2D eigenvalue weighted by Gasteiger charge is -2.28. The normalized spacial score (nSPS) is 12.8. The fourth-order valence-electron chi connectivity index (χ4n) is 3.06. The van der Waals surface area contributed by atoms with Gasteiger partial charge in [0.15, 0.2) is 6.29 Å². The van der Waals surface area contributed by atoms with Crippen molar-refractivity contribution in [3.8, 4) is 0 Å². The Morgan fingerprint density at radius 2 is 1.45 bits per heavy atom. The highest BCUT2D eigenvalue weighted by atomic mass is 16.2. The number of amides is 2. The molecule has 0 atom stereocenters. The van der Waals surface area contributed by atoms with Crippen molar-refractivity contribution in [2.75, 3.05) is 0 Å². The summed E-state index contributed by atoms with van der Waals surface area (Å²) >= 11 is 0. The van der Waals surface area contributed by atoms with Gasteiger partial charge in [-0.15, -0.1) is 0 Å². The first kappa shape index (κ1) is 20.2. The first-order chi connectivity index (χ1) is 14.1. The number of nitrogens with zero attached hydrogens (tertiary/aromatic N) is 3. The van der Waals surface area contributed by atoms with Gasteiger partial charge in [0.25, 0.3) is 0 Å². The molecule has 6 heteroatoms. The van der Waals surface area contributed by atoms with Gasteiger partial charge in [-0.1, -0.05) is 67.6 Å². The molecular formula is C23H23N3O3. The fourth-order valence-corrected chi connectivity index (χ4v) is 3.06. The lowest BCUT2D eigenvalue weighted by Crippen LogP contribution is -2.47. The van der Waals surface area contributed by atoms with Crippen LogP contribution in [0.15, 0.2) is 66.9 Å². The number of β-lactam (4-membered cyclic amide) rings is 2. The van der Waals surface area contributed by atoms with Crippen LogP contribution in [-0.4, -0.2) is 32.6 Å². The van der Waals surface area contributed by atoms with Gasteiger partial charge in [0.1, 0.15) is 17.9 Å². The smallest absolute Gasteiger partial charge is 0.238 e. The van der Waals surface area contributed by atoms with E-state index in [1.54, 1.807) is 6.20 Å².